The maximum absolute atomic E-state index is 8.65. The lowest BCUT2D eigenvalue weighted by Crippen LogP contribution is -2.25. The summed E-state index contributed by atoms with van der Waals surface area (Å²) in [6, 6.07) is 0. The van der Waals surface area contributed by atoms with Gasteiger partial charge >= 0.3 is 0 Å². The quantitative estimate of drug-likeness (QED) is 0.636. The smallest absolute Gasteiger partial charge is 0.0431 e. The predicted octanol–water partition coefficient (Wildman–Crippen LogP) is 2.27. The zero-order valence-electron chi connectivity index (χ0n) is 9.54. The molecule has 0 aliphatic heterocycles. The molecule has 1 aliphatic carbocycles. The molecule has 84 valence electrons. The molecule has 0 atom stereocenters. The summed E-state index contributed by atoms with van der Waals surface area (Å²) in [6.45, 7) is 2.85. The Balaban J connectivity index is 1.95. The van der Waals surface area contributed by atoms with E-state index in [2.05, 4.69) is 11.9 Å². The van der Waals surface area contributed by atoms with Crippen LogP contribution in [0.25, 0.3) is 0 Å². The van der Waals surface area contributed by atoms with Gasteiger partial charge in [0.1, 0.15) is 0 Å². The first-order valence-electron chi connectivity index (χ1n) is 6.12. The van der Waals surface area contributed by atoms with E-state index in [4.69, 9.17) is 5.11 Å². The van der Waals surface area contributed by atoms with Gasteiger partial charge in [-0.3, -0.25) is 0 Å². The minimum Gasteiger partial charge on any atom is -0.396 e. The lowest BCUT2D eigenvalue weighted by atomic mass is 10.1. The van der Waals surface area contributed by atoms with Crippen LogP contribution in [0.15, 0.2) is 0 Å². The summed E-state index contributed by atoms with van der Waals surface area (Å²) in [5, 5.41) is 8.65. The summed E-state index contributed by atoms with van der Waals surface area (Å²) in [5.41, 5.74) is 0. The third-order valence-corrected chi connectivity index (χ3v) is 3.24. The number of aliphatic hydroxyl groups is 1. The van der Waals surface area contributed by atoms with Crippen LogP contribution in [0.2, 0.25) is 0 Å². The van der Waals surface area contributed by atoms with Crippen LogP contribution in [-0.2, 0) is 0 Å². The number of hydrogen-bond donors (Lipinski definition) is 1. The zero-order valence-corrected chi connectivity index (χ0v) is 9.54. The molecular formula is C12H25NO. The van der Waals surface area contributed by atoms with Gasteiger partial charge < -0.3 is 10.0 Å². The second-order valence-electron chi connectivity index (χ2n) is 4.70. The summed E-state index contributed by atoms with van der Waals surface area (Å²) in [4.78, 5) is 2.47. The fourth-order valence-corrected chi connectivity index (χ4v) is 2.40. The van der Waals surface area contributed by atoms with E-state index in [9.17, 15) is 0 Å². The van der Waals surface area contributed by atoms with Crippen molar-refractivity contribution in [2.45, 2.75) is 44.9 Å². The van der Waals surface area contributed by atoms with Crippen molar-refractivity contribution in [3.05, 3.63) is 0 Å². The summed E-state index contributed by atoms with van der Waals surface area (Å²) >= 11 is 0. The highest BCUT2D eigenvalue weighted by Crippen LogP contribution is 2.25. The molecule has 2 nitrogen and oxygen atoms in total. The molecule has 0 aromatic carbocycles. The molecule has 1 saturated carbocycles. The molecule has 1 rings (SSSR count). The van der Waals surface area contributed by atoms with E-state index >= 15 is 0 Å². The summed E-state index contributed by atoms with van der Waals surface area (Å²) in [6.07, 6.45) is 9.17. The van der Waals surface area contributed by atoms with Crippen molar-refractivity contribution in [1.29, 1.82) is 0 Å². The minimum atomic E-state index is 0.354. The number of rotatable bonds is 7. The fourth-order valence-electron chi connectivity index (χ4n) is 2.40. The van der Waals surface area contributed by atoms with Crippen molar-refractivity contribution < 1.29 is 5.11 Å². The van der Waals surface area contributed by atoms with Gasteiger partial charge in [0, 0.05) is 13.2 Å². The Kier molecular flexibility index (Phi) is 6.20. The molecule has 1 aliphatic rings. The van der Waals surface area contributed by atoms with Crippen LogP contribution in [0.1, 0.15) is 44.9 Å². The second-order valence-corrected chi connectivity index (χ2v) is 4.70. The van der Waals surface area contributed by atoms with Crippen LogP contribution < -0.4 is 0 Å². The Morgan fingerprint density at radius 3 is 2.50 bits per heavy atom. The Morgan fingerprint density at radius 1 is 1.14 bits per heavy atom. The second kappa shape index (κ2) is 7.24. The van der Waals surface area contributed by atoms with Crippen LogP contribution in [0.5, 0.6) is 0 Å². The zero-order chi connectivity index (χ0) is 10.2. The molecule has 0 aromatic rings. The average molecular weight is 199 g/mol. The van der Waals surface area contributed by atoms with Crippen molar-refractivity contribution >= 4 is 0 Å². The van der Waals surface area contributed by atoms with Crippen LogP contribution >= 0.6 is 0 Å². The van der Waals surface area contributed by atoms with E-state index in [0.29, 0.717) is 6.61 Å². The van der Waals surface area contributed by atoms with Crippen LogP contribution in [0, 0.1) is 5.92 Å². The van der Waals surface area contributed by atoms with E-state index in [1.54, 1.807) is 0 Å². The van der Waals surface area contributed by atoms with Crippen LogP contribution in [0.4, 0.5) is 0 Å². The first-order valence-corrected chi connectivity index (χ1v) is 6.12. The van der Waals surface area contributed by atoms with E-state index in [0.717, 1.165) is 12.3 Å². The molecule has 0 bridgehead atoms. The van der Waals surface area contributed by atoms with Crippen molar-refractivity contribution in [1.82, 2.24) is 4.90 Å². The van der Waals surface area contributed by atoms with Crippen LogP contribution in [-0.4, -0.2) is 36.8 Å². The van der Waals surface area contributed by atoms with Gasteiger partial charge in [-0.15, -0.1) is 0 Å². The van der Waals surface area contributed by atoms with E-state index in [1.165, 1.54) is 51.6 Å². The molecule has 0 radical (unpaired) electrons. The Labute approximate surface area is 88.3 Å². The summed E-state index contributed by atoms with van der Waals surface area (Å²) in [7, 11) is 2.23. The molecule has 0 heterocycles. The van der Waals surface area contributed by atoms with Gasteiger partial charge in [-0.25, -0.2) is 0 Å². The molecule has 1 fully saturated rings. The fraction of sp³-hybridized carbons (Fsp3) is 1.00. The number of nitrogens with zero attached hydrogens (tertiary/aromatic N) is 1. The first-order chi connectivity index (χ1) is 6.83. The molecule has 14 heavy (non-hydrogen) atoms. The minimum absolute atomic E-state index is 0.354. The van der Waals surface area contributed by atoms with E-state index in [-0.39, 0.29) is 0 Å². The van der Waals surface area contributed by atoms with Crippen molar-refractivity contribution in [3.8, 4) is 0 Å². The SMILES string of the molecule is CN(CCCCCO)CC1CCCC1. The van der Waals surface area contributed by atoms with Crippen molar-refractivity contribution in [2.24, 2.45) is 5.92 Å². The van der Waals surface area contributed by atoms with Gasteiger partial charge in [-0.2, -0.15) is 0 Å². The van der Waals surface area contributed by atoms with Gasteiger partial charge in [0.05, 0.1) is 0 Å². The number of hydrogen-bond acceptors (Lipinski definition) is 2. The van der Waals surface area contributed by atoms with Crippen molar-refractivity contribution in [2.75, 3.05) is 26.7 Å². The van der Waals surface area contributed by atoms with Gasteiger partial charge in [-0.05, 0) is 51.6 Å². The Bertz CT molecular complexity index is 132. The highest BCUT2D eigenvalue weighted by Gasteiger charge is 2.16. The molecule has 0 amide bonds. The van der Waals surface area contributed by atoms with Gasteiger partial charge in [0.2, 0.25) is 0 Å². The molecule has 0 saturated heterocycles. The molecule has 0 spiro atoms. The maximum atomic E-state index is 8.65. The molecule has 1 N–H and O–H groups in total. The lowest BCUT2D eigenvalue weighted by Gasteiger charge is -2.20. The van der Waals surface area contributed by atoms with Gasteiger partial charge in [-0.1, -0.05) is 12.8 Å². The Morgan fingerprint density at radius 2 is 1.86 bits per heavy atom. The summed E-state index contributed by atoms with van der Waals surface area (Å²) in [5.74, 6) is 0.970. The lowest BCUT2D eigenvalue weighted by molar-refractivity contribution is 0.256. The topological polar surface area (TPSA) is 23.5 Å². The normalized spacial score (nSPS) is 18.2. The van der Waals surface area contributed by atoms with Crippen LogP contribution in [0.3, 0.4) is 0 Å². The predicted molar refractivity (Wildman–Crippen MR) is 60.4 cm³/mol. The first kappa shape index (κ1) is 12.0. The monoisotopic (exact) mass is 199 g/mol. The third kappa shape index (κ3) is 4.97. The van der Waals surface area contributed by atoms with Gasteiger partial charge in [0.25, 0.3) is 0 Å². The van der Waals surface area contributed by atoms with E-state index < -0.39 is 0 Å². The Hall–Kier alpha value is -0.0800. The van der Waals surface area contributed by atoms with Crippen molar-refractivity contribution in [3.63, 3.8) is 0 Å². The largest absolute Gasteiger partial charge is 0.396 e. The third-order valence-electron chi connectivity index (χ3n) is 3.24. The molecule has 0 aromatic heterocycles. The highest BCUT2D eigenvalue weighted by molar-refractivity contribution is 4.70. The average Bonchev–Trinajstić information content (AvgIpc) is 2.65. The van der Waals surface area contributed by atoms with Gasteiger partial charge in [0.15, 0.2) is 0 Å². The number of aliphatic hydroxyl groups excluding tert-OH is 1. The standard InChI is InChI=1S/C12H25NO/c1-13(9-5-2-6-10-14)11-12-7-3-4-8-12/h12,14H,2-11H2,1H3. The summed E-state index contributed by atoms with van der Waals surface area (Å²) < 4.78 is 0. The molecule has 0 unspecified atom stereocenters. The molecular weight excluding hydrogens is 174 g/mol. The molecule has 2 heteroatoms. The maximum Gasteiger partial charge on any atom is 0.0431 e. The highest BCUT2D eigenvalue weighted by atomic mass is 16.2. The number of unbranched alkanes of at least 4 members (excludes halogenated alkanes) is 2. The van der Waals surface area contributed by atoms with E-state index in [1.807, 2.05) is 0 Å².